The Bertz CT molecular complexity index is 968. The topological polar surface area (TPSA) is 86.2 Å². The average Bonchev–Trinajstić information content (AvgIpc) is 3.04. The number of rotatable bonds is 4. The molecule has 1 aliphatic rings. The Morgan fingerprint density at radius 3 is 2.80 bits per heavy atom. The van der Waals surface area contributed by atoms with Crippen molar-refractivity contribution in [2.45, 2.75) is 11.6 Å². The molecule has 124 valence electrons. The quantitative estimate of drug-likeness (QED) is 0.532. The zero-order valence-corrected chi connectivity index (χ0v) is 13.9. The van der Waals surface area contributed by atoms with Gasteiger partial charge in [0, 0.05) is 29.9 Å². The van der Waals surface area contributed by atoms with E-state index in [1.807, 2.05) is 36.4 Å². The van der Waals surface area contributed by atoms with Crippen molar-refractivity contribution in [3.05, 3.63) is 81.7 Å². The van der Waals surface area contributed by atoms with E-state index < -0.39 is 4.92 Å². The van der Waals surface area contributed by atoms with Gasteiger partial charge in [-0.25, -0.2) is 4.98 Å². The summed E-state index contributed by atoms with van der Waals surface area (Å²) in [6.07, 6.45) is 0.642. The third-order valence-electron chi connectivity index (χ3n) is 3.75. The summed E-state index contributed by atoms with van der Waals surface area (Å²) in [5.41, 5.74) is 2.67. The minimum absolute atomic E-state index is 0.0550. The maximum absolute atomic E-state index is 10.9. The molecule has 0 bridgehead atoms. The number of hydrogen-bond donors (Lipinski definition) is 0. The highest BCUT2D eigenvalue weighted by Crippen LogP contribution is 2.24. The number of thioether (sulfide) groups is 1. The lowest BCUT2D eigenvalue weighted by atomic mass is 10.1. The molecule has 2 heterocycles. The molecule has 3 aromatic rings. The summed E-state index contributed by atoms with van der Waals surface area (Å²) < 4.78 is 0. The minimum Gasteiger partial charge on any atom is -0.258 e. The van der Waals surface area contributed by atoms with E-state index >= 15 is 0 Å². The van der Waals surface area contributed by atoms with Gasteiger partial charge < -0.3 is 0 Å². The van der Waals surface area contributed by atoms with Crippen LogP contribution in [0, 0.1) is 10.1 Å². The molecule has 1 aromatic heterocycles. The first kappa shape index (κ1) is 15.5. The van der Waals surface area contributed by atoms with Crippen molar-refractivity contribution in [3.8, 4) is 0 Å². The first-order chi connectivity index (χ1) is 12.2. The van der Waals surface area contributed by atoms with Crippen LogP contribution >= 0.6 is 11.8 Å². The van der Waals surface area contributed by atoms with Gasteiger partial charge in [-0.1, -0.05) is 54.2 Å². The largest absolute Gasteiger partial charge is 0.270 e. The molecule has 0 spiro atoms. The monoisotopic (exact) mass is 351 g/mol. The lowest BCUT2D eigenvalue weighted by Crippen LogP contribution is -2.14. The van der Waals surface area contributed by atoms with E-state index in [2.05, 4.69) is 15.2 Å². The van der Waals surface area contributed by atoms with Gasteiger partial charge in [0.2, 0.25) is 5.16 Å². The molecular formula is C17H13N5O2S. The third-order valence-corrected chi connectivity index (χ3v) is 4.69. The fraction of sp³-hybridized carbons (Fsp3) is 0.118. The highest BCUT2D eigenvalue weighted by Gasteiger charge is 2.19. The van der Waals surface area contributed by atoms with Crippen LogP contribution in [0.1, 0.15) is 17.0 Å². The van der Waals surface area contributed by atoms with Gasteiger partial charge in [0.15, 0.2) is 5.82 Å². The first-order valence-corrected chi connectivity index (χ1v) is 8.63. The highest BCUT2D eigenvalue weighted by molar-refractivity contribution is 7.99. The van der Waals surface area contributed by atoms with Crippen LogP contribution in [-0.4, -0.2) is 31.3 Å². The van der Waals surface area contributed by atoms with Gasteiger partial charge in [0.05, 0.1) is 10.6 Å². The maximum Gasteiger partial charge on any atom is 0.270 e. The molecule has 2 aromatic carbocycles. The highest BCUT2D eigenvalue weighted by atomic mass is 32.2. The summed E-state index contributed by atoms with van der Waals surface area (Å²) in [7, 11) is 0. The lowest BCUT2D eigenvalue weighted by molar-refractivity contribution is -0.384. The molecular weight excluding hydrogens is 338 g/mol. The van der Waals surface area contributed by atoms with E-state index in [1.54, 1.807) is 6.07 Å². The van der Waals surface area contributed by atoms with E-state index in [0.29, 0.717) is 18.0 Å². The molecule has 0 saturated heterocycles. The molecule has 0 radical (unpaired) electrons. The number of nitro groups is 1. The number of nitro benzene ring substituents is 1. The number of hydrogen-bond acceptors (Lipinski definition) is 6. The fourth-order valence-electron chi connectivity index (χ4n) is 2.55. The van der Waals surface area contributed by atoms with Crippen LogP contribution in [-0.2, 0) is 6.42 Å². The molecule has 1 aliphatic heterocycles. The summed E-state index contributed by atoms with van der Waals surface area (Å²) in [4.78, 5) is 16.6. The number of non-ortho nitro benzene ring substituents is 1. The van der Waals surface area contributed by atoms with Crippen LogP contribution in [0.25, 0.3) is 0 Å². The van der Waals surface area contributed by atoms with Gasteiger partial charge in [-0.2, -0.15) is 5.10 Å². The summed E-state index contributed by atoms with van der Waals surface area (Å²) in [6, 6.07) is 16.5. The van der Waals surface area contributed by atoms with E-state index in [9.17, 15) is 10.1 Å². The predicted molar refractivity (Wildman–Crippen MR) is 95.0 cm³/mol. The Hall–Kier alpha value is -3.00. The standard InChI is InChI=1S/C17H13N5O2S/c23-22(24)14-8-4-7-13(10-14)15-11-25-17-18-16(20-21(17)19-15)9-12-5-2-1-3-6-12/h1-8,10H,9,11H2. The van der Waals surface area contributed by atoms with Crippen molar-refractivity contribution in [1.29, 1.82) is 0 Å². The van der Waals surface area contributed by atoms with Gasteiger partial charge in [-0.05, 0) is 5.56 Å². The summed E-state index contributed by atoms with van der Waals surface area (Å²) >= 11 is 1.53. The Morgan fingerprint density at radius 1 is 1.16 bits per heavy atom. The molecule has 25 heavy (non-hydrogen) atoms. The number of aromatic nitrogens is 3. The van der Waals surface area contributed by atoms with Crippen LogP contribution in [0.3, 0.4) is 0 Å². The Kier molecular flexibility index (Phi) is 4.02. The van der Waals surface area contributed by atoms with Crippen LogP contribution < -0.4 is 0 Å². The molecule has 0 amide bonds. The van der Waals surface area contributed by atoms with Crippen molar-refractivity contribution in [2.75, 3.05) is 5.75 Å². The number of fused-ring (bicyclic) bond motifs is 1. The Balaban J connectivity index is 1.62. The summed E-state index contributed by atoms with van der Waals surface area (Å²) in [6.45, 7) is 0. The molecule has 0 unspecified atom stereocenters. The van der Waals surface area contributed by atoms with Gasteiger partial charge >= 0.3 is 0 Å². The van der Waals surface area contributed by atoms with Gasteiger partial charge in [-0.3, -0.25) is 10.1 Å². The second-order valence-corrected chi connectivity index (χ2v) is 6.45. The smallest absolute Gasteiger partial charge is 0.258 e. The number of nitrogens with zero attached hydrogens (tertiary/aromatic N) is 5. The van der Waals surface area contributed by atoms with Gasteiger partial charge in [0.25, 0.3) is 5.69 Å². The molecule has 0 fully saturated rings. The van der Waals surface area contributed by atoms with Crippen LogP contribution in [0.2, 0.25) is 0 Å². The average molecular weight is 351 g/mol. The van der Waals surface area contributed by atoms with E-state index in [4.69, 9.17) is 0 Å². The second kappa shape index (κ2) is 6.48. The molecule has 0 saturated carbocycles. The fourth-order valence-corrected chi connectivity index (χ4v) is 3.41. The van der Waals surface area contributed by atoms with Crippen LogP contribution in [0.4, 0.5) is 5.69 Å². The van der Waals surface area contributed by atoms with Crippen LogP contribution in [0.15, 0.2) is 64.9 Å². The second-order valence-electron chi connectivity index (χ2n) is 5.51. The molecule has 0 atom stereocenters. The van der Waals surface area contributed by atoms with Crippen molar-refractivity contribution >= 4 is 23.2 Å². The van der Waals surface area contributed by atoms with E-state index in [-0.39, 0.29) is 5.69 Å². The van der Waals surface area contributed by atoms with Crippen molar-refractivity contribution < 1.29 is 4.92 Å². The van der Waals surface area contributed by atoms with Crippen molar-refractivity contribution in [1.82, 2.24) is 14.9 Å². The zero-order chi connectivity index (χ0) is 17.2. The minimum atomic E-state index is -0.404. The SMILES string of the molecule is O=[N+]([O-])c1cccc(C2=Nn3nc(Cc4ccccc4)nc3SC2)c1. The van der Waals surface area contributed by atoms with E-state index in [0.717, 1.165) is 22.0 Å². The van der Waals surface area contributed by atoms with E-state index in [1.165, 1.54) is 28.7 Å². The molecule has 4 rings (SSSR count). The molecule has 7 nitrogen and oxygen atoms in total. The molecule has 0 N–H and O–H groups in total. The summed E-state index contributed by atoms with van der Waals surface area (Å²) in [5.74, 6) is 1.31. The molecule has 8 heteroatoms. The van der Waals surface area contributed by atoms with Gasteiger partial charge in [0.1, 0.15) is 0 Å². The van der Waals surface area contributed by atoms with Crippen molar-refractivity contribution in [3.63, 3.8) is 0 Å². The maximum atomic E-state index is 10.9. The van der Waals surface area contributed by atoms with Crippen LogP contribution in [0.5, 0.6) is 0 Å². The van der Waals surface area contributed by atoms with Gasteiger partial charge in [-0.15, -0.1) is 9.89 Å². The third kappa shape index (κ3) is 3.29. The Labute approximate surface area is 147 Å². The zero-order valence-electron chi connectivity index (χ0n) is 13.1. The molecule has 0 aliphatic carbocycles. The summed E-state index contributed by atoms with van der Waals surface area (Å²) in [5, 5.41) is 20.6. The number of benzene rings is 2. The Morgan fingerprint density at radius 2 is 2.00 bits per heavy atom. The normalized spacial score (nSPS) is 13.2. The first-order valence-electron chi connectivity index (χ1n) is 7.64. The van der Waals surface area contributed by atoms with Crippen molar-refractivity contribution in [2.24, 2.45) is 5.10 Å². The predicted octanol–water partition coefficient (Wildman–Crippen LogP) is 3.14. The lowest BCUT2D eigenvalue weighted by Gasteiger charge is -2.11.